The van der Waals surface area contributed by atoms with Gasteiger partial charge in [0.05, 0.1) is 21.1 Å². The van der Waals surface area contributed by atoms with E-state index in [1.807, 2.05) is 72.8 Å². The van der Waals surface area contributed by atoms with Gasteiger partial charge in [-0.05, 0) is 78.4 Å². The van der Waals surface area contributed by atoms with Gasteiger partial charge < -0.3 is 4.74 Å². The van der Waals surface area contributed by atoms with Crippen LogP contribution in [0, 0.1) is 11.3 Å². The Morgan fingerprint density at radius 2 is 1.59 bits per heavy atom. The zero-order valence-electron chi connectivity index (χ0n) is 18.1. The Labute approximate surface area is 211 Å². The summed E-state index contributed by atoms with van der Waals surface area (Å²) in [5.74, 6) is 0.580. The van der Waals surface area contributed by atoms with Crippen molar-refractivity contribution in [2.45, 2.75) is 6.61 Å². The van der Waals surface area contributed by atoms with Crippen molar-refractivity contribution >= 4 is 60.7 Å². The molecule has 0 aliphatic carbocycles. The molecule has 0 unspecified atom stereocenters. The number of hydrogen-bond donors (Lipinski definition) is 0. The van der Waals surface area contributed by atoms with E-state index in [0.29, 0.717) is 23.0 Å². The lowest BCUT2D eigenvalue weighted by atomic mass is 10.00. The molecule has 0 fully saturated rings. The maximum absolute atomic E-state index is 9.82. The minimum Gasteiger partial charge on any atom is -0.486 e. The molecule has 0 saturated heterocycles. The molecule has 0 aliphatic rings. The van der Waals surface area contributed by atoms with Crippen LogP contribution in [0.5, 0.6) is 5.75 Å². The van der Waals surface area contributed by atoms with Gasteiger partial charge in [-0.15, -0.1) is 0 Å². The Morgan fingerprint density at radius 3 is 2.38 bits per heavy atom. The topological polar surface area (TPSA) is 33.0 Å². The molecule has 0 saturated carbocycles. The van der Waals surface area contributed by atoms with Gasteiger partial charge in [-0.2, -0.15) is 5.26 Å². The van der Waals surface area contributed by atoms with Crippen LogP contribution in [-0.2, 0) is 6.61 Å². The number of benzene rings is 5. The number of fused-ring (bicyclic) bond motifs is 2. The highest BCUT2D eigenvalue weighted by Crippen LogP contribution is 2.36. The van der Waals surface area contributed by atoms with Crippen LogP contribution in [0.2, 0.25) is 5.02 Å². The molecule has 0 spiro atoms. The first-order valence-electron chi connectivity index (χ1n) is 10.8. The minimum atomic E-state index is 0.398. The largest absolute Gasteiger partial charge is 0.486 e. The third-order valence-electron chi connectivity index (χ3n) is 5.76. The second-order valence-corrected chi connectivity index (χ2v) is 9.23. The molecule has 0 atom stereocenters. The first kappa shape index (κ1) is 22.2. The number of nitrogens with zero attached hydrogens (tertiary/aromatic N) is 1. The van der Waals surface area contributed by atoms with Gasteiger partial charge in [0.2, 0.25) is 0 Å². The minimum absolute atomic E-state index is 0.398. The summed E-state index contributed by atoms with van der Waals surface area (Å²) in [4.78, 5) is 0. The van der Waals surface area contributed by atoms with Gasteiger partial charge in [0.1, 0.15) is 6.61 Å². The summed E-state index contributed by atoms with van der Waals surface area (Å²) < 4.78 is 6.85. The van der Waals surface area contributed by atoms with Gasteiger partial charge in [0.25, 0.3) is 0 Å². The van der Waals surface area contributed by atoms with Crippen LogP contribution >= 0.6 is 27.5 Å². The monoisotopic (exact) mass is 523 g/mol. The molecular formula is C30H19BrClNO. The summed E-state index contributed by atoms with van der Waals surface area (Å²) in [5.41, 5.74) is 3.34. The SMILES string of the molecule is N#C/C(=C/c1cc(Cl)c(OCc2cccc3ccccc23)c(Br)c1)c1ccc2ccccc2c1. The van der Waals surface area contributed by atoms with Crippen molar-refractivity contribution in [3.63, 3.8) is 0 Å². The fourth-order valence-electron chi connectivity index (χ4n) is 4.07. The Hall–Kier alpha value is -3.58. The van der Waals surface area contributed by atoms with Crippen molar-refractivity contribution in [2.75, 3.05) is 0 Å². The van der Waals surface area contributed by atoms with Crippen LogP contribution in [0.1, 0.15) is 16.7 Å². The van der Waals surface area contributed by atoms with Crippen LogP contribution in [0.3, 0.4) is 0 Å². The number of rotatable bonds is 5. The highest BCUT2D eigenvalue weighted by Gasteiger charge is 2.11. The van der Waals surface area contributed by atoms with E-state index in [0.717, 1.165) is 37.3 Å². The molecular weight excluding hydrogens is 506 g/mol. The van der Waals surface area contributed by atoms with Crippen LogP contribution < -0.4 is 4.74 Å². The van der Waals surface area contributed by atoms with Gasteiger partial charge in [0, 0.05) is 0 Å². The molecule has 164 valence electrons. The fourth-order valence-corrected chi connectivity index (χ4v) is 5.06. The van der Waals surface area contributed by atoms with Crippen molar-refractivity contribution in [1.29, 1.82) is 5.26 Å². The number of halogens is 2. The lowest BCUT2D eigenvalue weighted by Crippen LogP contribution is -1.98. The van der Waals surface area contributed by atoms with E-state index in [1.165, 1.54) is 5.39 Å². The highest BCUT2D eigenvalue weighted by molar-refractivity contribution is 9.10. The molecule has 0 N–H and O–H groups in total. The second kappa shape index (κ2) is 9.73. The lowest BCUT2D eigenvalue weighted by Gasteiger charge is -2.13. The van der Waals surface area contributed by atoms with Crippen molar-refractivity contribution in [3.8, 4) is 11.8 Å². The lowest BCUT2D eigenvalue weighted by molar-refractivity contribution is 0.306. The van der Waals surface area contributed by atoms with E-state index < -0.39 is 0 Å². The predicted octanol–water partition coefficient (Wildman–Crippen LogP) is 9.05. The average Bonchev–Trinajstić information content (AvgIpc) is 2.86. The van der Waals surface area contributed by atoms with E-state index in [1.54, 1.807) is 0 Å². The molecule has 0 bridgehead atoms. The summed E-state index contributed by atoms with van der Waals surface area (Å²) >= 11 is 10.2. The molecule has 0 heterocycles. The van der Waals surface area contributed by atoms with E-state index >= 15 is 0 Å². The van der Waals surface area contributed by atoms with E-state index in [2.05, 4.69) is 52.3 Å². The molecule has 0 radical (unpaired) electrons. The number of hydrogen-bond acceptors (Lipinski definition) is 2. The van der Waals surface area contributed by atoms with Crippen molar-refractivity contribution in [1.82, 2.24) is 0 Å². The predicted molar refractivity (Wildman–Crippen MR) is 145 cm³/mol. The molecule has 2 nitrogen and oxygen atoms in total. The van der Waals surface area contributed by atoms with Crippen molar-refractivity contribution < 1.29 is 4.74 Å². The maximum atomic E-state index is 9.82. The van der Waals surface area contributed by atoms with E-state index in [-0.39, 0.29) is 0 Å². The molecule has 0 aromatic heterocycles. The summed E-state index contributed by atoms with van der Waals surface area (Å²) in [6.45, 7) is 0.398. The molecule has 5 rings (SSSR count). The summed E-state index contributed by atoms with van der Waals surface area (Å²) in [7, 11) is 0. The zero-order valence-corrected chi connectivity index (χ0v) is 20.5. The Bertz CT molecular complexity index is 1570. The van der Waals surface area contributed by atoms with Gasteiger partial charge in [-0.3, -0.25) is 0 Å². The third-order valence-corrected chi connectivity index (χ3v) is 6.63. The number of nitriles is 1. The highest BCUT2D eigenvalue weighted by atomic mass is 79.9. The summed E-state index contributed by atoms with van der Waals surface area (Å²) in [6, 6.07) is 34.6. The molecule has 4 heteroatoms. The molecule has 34 heavy (non-hydrogen) atoms. The summed E-state index contributed by atoms with van der Waals surface area (Å²) in [6.07, 6.45) is 1.84. The zero-order chi connectivity index (χ0) is 23.5. The van der Waals surface area contributed by atoms with Crippen LogP contribution in [0.4, 0.5) is 0 Å². The quantitative estimate of drug-likeness (QED) is 0.170. The Kier molecular flexibility index (Phi) is 6.36. The van der Waals surface area contributed by atoms with Gasteiger partial charge in [-0.25, -0.2) is 0 Å². The average molecular weight is 525 g/mol. The van der Waals surface area contributed by atoms with Crippen molar-refractivity contribution in [2.24, 2.45) is 0 Å². The fraction of sp³-hybridized carbons (Fsp3) is 0.0333. The first-order chi connectivity index (χ1) is 16.6. The standard InChI is InChI=1S/C30H19BrClNO/c31-28-15-20(14-26(18-33)24-13-12-21-6-1-2-8-23(21)17-24)16-29(32)30(28)34-19-25-10-5-9-22-7-3-4-11-27(22)25/h1-17H,19H2/b26-14-. The van der Waals surface area contributed by atoms with E-state index in [9.17, 15) is 5.26 Å². The number of ether oxygens (including phenoxy) is 1. The third kappa shape index (κ3) is 4.56. The molecule has 5 aromatic rings. The Morgan fingerprint density at radius 1 is 0.853 bits per heavy atom. The van der Waals surface area contributed by atoms with E-state index in [4.69, 9.17) is 16.3 Å². The van der Waals surface area contributed by atoms with Gasteiger partial charge in [0.15, 0.2) is 5.75 Å². The molecule has 0 aliphatic heterocycles. The molecule has 0 amide bonds. The summed E-state index contributed by atoms with van der Waals surface area (Å²) in [5, 5.41) is 14.9. The van der Waals surface area contributed by atoms with Crippen molar-refractivity contribution in [3.05, 3.63) is 123 Å². The van der Waals surface area contributed by atoms with Crippen LogP contribution in [0.15, 0.2) is 102 Å². The maximum Gasteiger partial charge on any atom is 0.152 e. The first-order valence-corrected chi connectivity index (χ1v) is 12.0. The van der Waals surface area contributed by atoms with Crippen LogP contribution in [0.25, 0.3) is 33.2 Å². The Balaban J connectivity index is 1.42. The van der Waals surface area contributed by atoms with Gasteiger partial charge in [-0.1, -0.05) is 90.5 Å². The number of allylic oxidation sites excluding steroid dienone is 1. The normalized spacial score (nSPS) is 11.5. The smallest absolute Gasteiger partial charge is 0.152 e. The van der Waals surface area contributed by atoms with Crippen LogP contribution in [-0.4, -0.2) is 0 Å². The second-order valence-electron chi connectivity index (χ2n) is 7.97. The molecule has 5 aromatic carbocycles. The van der Waals surface area contributed by atoms with Gasteiger partial charge >= 0.3 is 0 Å².